The summed E-state index contributed by atoms with van der Waals surface area (Å²) in [6.07, 6.45) is 0.343. The minimum Gasteiger partial charge on any atom is -0.486 e. The van der Waals surface area contributed by atoms with E-state index in [9.17, 15) is 9.59 Å². The largest absolute Gasteiger partial charge is 0.486 e. The monoisotopic (exact) mass is 403 g/mol. The van der Waals surface area contributed by atoms with Gasteiger partial charge in [0.05, 0.1) is 18.0 Å². The number of nitrogens with one attached hydrogen (secondary N) is 1. The van der Waals surface area contributed by atoms with E-state index in [1.807, 2.05) is 39.0 Å². The van der Waals surface area contributed by atoms with Gasteiger partial charge in [-0.15, -0.1) is 0 Å². The molecule has 0 bridgehead atoms. The first-order chi connectivity index (χ1) is 14.3. The molecule has 0 unspecified atom stereocenters. The predicted molar refractivity (Wildman–Crippen MR) is 116 cm³/mol. The third-order valence-electron chi connectivity index (χ3n) is 5.25. The van der Waals surface area contributed by atoms with Crippen LogP contribution >= 0.6 is 0 Å². The van der Waals surface area contributed by atoms with Crippen LogP contribution in [0.1, 0.15) is 49.2 Å². The fourth-order valence-electron chi connectivity index (χ4n) is 3.72. The lowest BCUT2D eigenvalue weighted by Crippen LogP contribution is -2.35. The first-order valence-electron chi connectivity index (χ1n) is 10.1. The van der Waals surface area contributed by atoms with Crippen LogP contribution in [-0.2, 0) is 4.79 Å². The highest BCUT2D eigenvalue weighted by atomic mass is 16.5. The predicted octanol–water partition coefficient (Wildman–Crippen LogP) is 4.84. The molecule has 0 saturated heterocycles. The Balaban J connectivity index is 1.38. The van der Waals surface area contributed by atoms with Gasteiger partial charge in [0.2, 0.25) is 0 Å². The van der Waals surface area contributed by atoms with E-state index in [-0.39, 0.29) is 24.3 Å². The van der Waals surface area contributed by atoms with Crippen LogP contribution in [0.25, 0.3) is 10.8 Å². The number of benzene rings is 3. The van der Waals surface area contributed by atoms with Crippen molar-refractivity contribution in [2.45, 2.75) is 38.8 Å². The number of Topliss-reactive ketones (excluding diaryl/α,β-unsaturated/α-hetero) is 1. The second kappa shape index (κ2) is 7.82. The maximum atomic E-state index is 12.4. The Hall–Kier alpha value is -3.34. The minimum atomic E-state index is -0.546. The molecule has 1 aliphatic heterocycles. The first kappa shape index (κ1) is 20.0. The van der Waals surface area contributed by atoms with Crippen molar-refractivity contribution >= 4 is 22.5 Å². The highest BCUT2D eigenvalue weighted by Crippen LogP contribution is 2.35. The molecular weight excluding hydrogens is 378 g/mol. The van der Waals surface area contributed by atoms with Gasteiger partial charge in [0.15, 0.2) is 12.4 Å². The standard InChI is InChI=1S/C25H25NO4/c1-16(18-9-8-17-6-4-5-7-19(17)12-18)26-24(28)15-29-20-10-11-21-22(27)14-25(2,3)30-23(21)13-20/h4-13,16H,14-15H2,1-3H3,(H,26,28)/t16-/m1/s1. The van der Waals surface area contributed by atoms with Crippen LogP contribution in [0, 0.1) is 0 Å². The van der Waals surface area contributed by atoms with Crippen LogP contribution in [0.2, 0.25) is 0 Å². The first-order valence-corrected chi connectivity index (χ1v) is 10.1. The maximum absolute atomic E-state index is 12.4. The van der Waals surface area contributed by atoms with E-state index in [4.69, 9.17) is 9.47 Å². The van der Waals surface area contributed by atoms with Gasteiger partial charge in [0.1, 0.15) is 17.1 Å². The quantitative estimate of drug-likeness (QED) is 0.662. The molecule has 1 aliphatic rings. The number of ketones is 1. The van der Waals surface area contributed by atoms with Gasteiger partial charge < -0.3 is 14.8 Å². The van der Waals surface area contributed by atoms with Gasteiger partial charge in [0.25, 0.3) is 5.91 Å². The Morgan fingerprint density at radius 1 is 1.10 bits per heavy atom. The molecule has 0 radical (unpaired) electrons. The highest BCUT2D eigenvalue weighted by Gasteiger charge is 2.32. The van der Waals surface area contributed by atoms with Crippen LogP contribution in [-0.4, -0.2) is 23.9 Å². The number of carbonyl (C=O) groups is 2. The zero-order chi connectivity index (χ0) is 21.3. The lowest BCUT2D eigenvalue weighted by molar-refractivity contribution is -0.123. The minimum absolute atomic E-state index is 0.0507. The van der Waals surface area contributed by atoms with Gasteiger partial charge in [-0.05, 0) is 55.3 Å². The molecule has 0 aromatic heterocycles. The Kier molecular flexibility index (Phi) is 5.20. The molecule has 4 rings (SSSR count). The lowest BCUT2D eigenvalue weighted by Gasteiger charge is -2.31. The molecule has 1 amide bonds. The van der Waals surface area contributed by atoms with E-state index in [0.29, 0.717) is 23.5 Å². The number of rotatable bonds is 5. The van der Waals surface area contributed by atoms with Crippen LogP contribution in [0.15, 0.2) is 60.7 Å². The summed E-state index contributed by atoms with van der Waals surface area (Å²) in [7, 11) is 0. The van der Waals surface area contributed by atoms with E-state index >= 15 is 0 Å². The molecule has 0 spiro atoms. The van der Waals surface area contributed by atoms with Crippen molar-refractivity contribution in [3.63, 3.8) is 0 Å². The number of ether oxygens (including phenoxy) is 2. The Morgan fingerprint density at radius 2 is 1.87 bits per heavy atom. The van der Waals surface area contributed by atoms with Crippen LogP contribution in [0.5, 0.6) is 11.5 Å². The normalized spacial score (nSPS) is 15.8. The van der Waals surface area contributed by atoms with Gasteiger partial charge in [0, 0.05) is 6.07 Å². The second-order valence-electron chi connectivity index (χ2n) is 8.30. The van der Waals surface area contributed by atoms with E-state index in [2.05, 4.69) is 29.6 Å². The zero-order valence-electron chi connectivity index (χ0n) is 17.4. The summed E-state index contributed by atoms with van der Waals surface area (Å²) in [5.41, 5.74) is 1.04. The summed E-state index contributed by atoms with van der Waals surface area (Å²) < 4.78 is 11.5. The summed E-state index contributed by atoms with van der Waals surface area (Å²) >= 11 is 0. The number of hydrogen-bond donors (Lipinski definition) is 1. The fraction of sp³-hybridized carbons (Fsp3) is 0.280. The average molecular weight is 403 g/mol. The summed E-state index contributed by atoms with van der Waals surface area (Å²) in [5.74, 6) is 0.826. The van der Waals surface area contributed by atoms with E-state index in [0.717, 1.165) is 10.9 Å². The van der Waals surface area contributed by atoms with Crippen LogP contribution < -0.4 is 14.8 Å². The van der Waals surface area contributed by atoms with Crippen molar-refractivity contribution < 1.29 is 19.1 Å². The molecule has 0 fully saturated rings. The molecule has 3 aromatic rings. The Labute approximate surface area is 176 Å². The molecule has 154 valence electrons. The molecule has 1 atom stereocenters. The highest BCUT2D eigenvalue weighted by molar-refractivity contribution is 6.00. The average Bonchev–Trinajstić information content (AvgIpc) is 2.70. The van der Waals surface area contributed by atoms with Crippen molar-refractivity contribution in [2.24, 2.45) is 0 Å². The van der Waals surface area contributed by atoms with Crippen molar-refractivity contribution in [2.75, 3.05) is 6.61 Å². The molecule has 5 nitrogen and oxygen atoms in total. The van der Waals surface area contributed by atoms with Crippen molar-refractivity contribution in [3.05, 3.63) is 71.8 Å². The van der Waals surface area contributed by atoms with Gasteiger partial charge >= 0.3 is 0 Å². The summed E-state index contributed by atoms with van der Waals surface area (Å²) in [6, 6.07) is 19.2. The third-order valence-corrected chi connectivity index (χ3v) is 5.25. The summed E-state index contributed by atoms with van der Waals surface area (Å²) in [5, 5.41) is 5.27. The molecular formula is C25H25NO4. The maximum Gasteiger partial charge on any atom is 0.258 e. The fourth-order valence-corrected chi connectivity index (χ4v) is 3.72. The Bertz CT molecular complexity index is 1120. The SMILES string of the molecule is C[C@@H](NC(=O)COc1ccc2c(c1)OC(C)(C)CC2=O)c1ccc2ccccc2c1. The second-order valence-corrected chi connectivity index (χ2v) is 8.30. The third kappa shape index (κ3) is 4.30. The van der Waals surface area contributed by atoms with Crippen molar-refractivity contribution in [1.82, 2.24) is 5.32 Å². The molecule has 0 aliphatic carbocycles. The number of hydrogen-bond acceptors (Lipinski definition) is 4. The van der Waals surface area contributed by atoms with Crippen LogP contribution in [0.3, 0.4) is 0 Å². The van der Waals surface area contributed by atoms with Crippen molar-refractivity contribution in [1.29, 1.82) is 0 Å². The molecule has 3 aromatic carbocycles. The zero-order valence-corrected chi connectivity index (χ0v) is 17.4. The van der Waals surface area contributed by atoms with Gasteiger partial charge in [-0.25, -0.2) is 0 Å². The number of carbonyl (C=O) groups excluding carboxylic acids is 2. The van der Waals surface area contributed by atoms with E-state index < -0.39 is 5.60 Å². The number of fused-ring (bicyclic) bond motifs is 2. The molecule has 1 N–H and O–H groups in total. The molecule has 1 heterocycles. The molecule has 30 heavy (non-hydrogen) atoms. The molecule has 0 saturated carbocycles. The summed E-state index contributed by atoms with van der Waals surface area (Å²) in [6.45, 7) is 5.59. The van der Waals surface area contributed by atoms with Gasteiger partial charge in [-0.1, -0.05) is 36.4 Å². The number of amides is 1. The Morgan fingerprint density at radius 3 is 2.67 bits per heavy atom. The van der Waals surface area contributed by atoms with Crippen LogP contribution in [0.4, 0.5) is 0 Å². The topological polar surface area (TPSA) is 64.6 Å². The van der Waals surface area contributed by atoms with E-state index in [1.165, 1.54) is 5.39 Å². The van der Waals surface area contributed by atoms with Gasteiger partial charge in [-0.2, -0.15) is 0 Å². The van der Waals surface area contributed by atoms with E-state index in [1.54, 1.807) is 18.2 Å². The lowest BCUT2D eigenvalue weighted by atomic mass is 9.93. The van der Waals surface area contributed by atoms with Gasteiger partial charge in [-0.3, -0.25) is 9.59 Å². The van der Waals surface area contributed by atoms with Crippen molar-refractivity contribution in [3.8, 4) is 11.5 Å². The smallest absolute Gasteiger partial charge is 0.258 e. The molecule has 5 heteroatoms. The summed E-state index contributed by atoms with van der Waals surface area (Å²) in [4.78, 5) is 24.6.